The molecule has 1 atom stereocenters. The molecule has 3 nitrogen and oxygen atoms in total. The maximum atomic E-state index is 10.4. The summed E-state index contributed by atoms with van der Waals surface area (Å²) in [7, 11) is 0. The molecule has 0 saturated carbocycles. The first kappa shape index (κ1) is 21.6. The van der Waals surface area contributed by atoms with Crippen molar-refractivity contribution < 1.29 is 14.6 Å². The van der Waals surface area contributed by atoms with Crippen LogP contribution in [0.5, 0.6) is 17.2 Å². The monoisotopic (exact) mass is 436 g/mol. The molecule has 2 aromatic rings. The molecule has 31 heavy (non-hydrogen) atoms. The zero-order valence-electron chi connectivity index (χ0n) is 18.3. The second kappa shape index (κ2) is 8.84. The van der Waals surface area contributed by atoms with E-state index >= 15 is 0 Å². The fraction of sp³-hybridized carbons (Fsp3) is 0.333. The Kier molecular flexibility index (Phi) is 6.15. The molecule has 0 bridgehead atoms. The quantitative estimate of drug-likeness (QED) is 0.338. The third-order valence-corrected chi connectivity index (χ3v) is 6.52. The van der Waals surface area contributed by atoms with Gasteiger partial charge in [-0.2, -0.15) is 0 Å². The van der Waals surface area contributed by atoms with Crippen molar-refractivity contribution in [1.29, 1.82) is 0 Å². The van der Waals surface area contributed by atoms with Gasteiger partial charge in [-0.3, -0.25) is 0 Å². The Morgan fingerprint density at radius 1 is 1.06 bits per heavy atom. The number of phenols is 1. The van der Waals surface area contributed by atoms with Crippen molar-refractivity contribution in [2.75, 3.05) is 6.61 Å². The third kappa shape index (κ3) is 4.38. The molecule has 0 amide bonds. The molecule has 1 aliphatic heterocycles. The van der Waals surface area contributed by atoms with Crippen molar-refractivity contribution in [3.8, 4) is 17.2 Å². The second-order valence-corrected chi connectivity index (χ2v) is 9.08. The number of halogens is 1. The van der Waals surface area contributed by atoms with Crippen molar-refractivity contribution in [3.63, 3.8) is 0 Å². The number of aromatic hydroxyl groups is 1. The van der Waals surface area contributed by atoms with Crippen LogP contribution in [0.15, 0.2) is 60.7 Å². The Labute approximate surface area is 188 Å². The van der Waals surface area contributed by atoms with Crippen LogP contribution in [-0.4, -0.2) is 17.8 Å². The van der Waals surface area contributed by atoms with Gasteiger partial charge in [0.25, 0.3) is 0 Å². The highest BCUT2D eigenvalue weighted by Crippen LogP contribution is 2.46. The highest BCUT2D eigenvalue weighted by molar-refractivity contribution is 6.31. The molecule has 0 fully saturated rings. The van der Waals surface area contributed by atoms with E-state index in [0.717, 1.165) is 46.9 Å². The normalized spacial score (nSPS) is 16.6. The Morgan fingerprint density at radius 3 is 2.39 bits per heavy atom. The summed E-state index contributed by atoms with van der Waals surface area (Å²) < 4.78 is 11.8. The first-order valence-corrected chi connectivity index (χ1v) is 11.3. The average molecular weight is 437 g/mol. The Balaban J connectivity index is 0.000000275. The van der Waals surface area contributed by atoms with Crippen LogP contribution < -0.4 is 9.47 Å². The standard InChI is InChI=1S/C21H26O3.C6H3Cl/c1-4-20-21(2,3)17-14-18(22)15(13-19(17)24-20)9-8-12-23-16-10-6-5-7-11-16;7-6-3-4-1-2-5(4)6/h5-7,10-11,13-14,20,22H,4,8-9,12H2,1-3H3;1-3H. The van der Waals surface area contributed by atoms with Crippen molar-refractivity contribution in [2.45, 2.75) is 51.6 Å². The van der Waals surface area contributed by atoms with E-state index in [1.807, 2.05) is 54.6 Å². The van der Waals surface area contributed by atoms with Gasteiger partial charge in [-0.05, 0) is 60.4 Å². The van der Waals surface area contributed by atoms with Crippen LogP contribution in [0, 0.1) is 10.4 Å². The number of benzene rings is 3. The fourth-order valence-corrected chi connectivity index (χ4v) is 4.48. The van der Waals surface area contributed by atoms with Gasteiger partial charge < -0.3 is 14.6 Å². The fourth-order valence-electron chi connectivity index (χ4n) is 4.19. The molecule has 5 rings (SSSR count). The minimum Gasteiger partial charge on any atom is -0.508 e. The molecular weight excluding hydrogens is 408 g/mol. The van der Waals surface area contributed by atoms with Gasteiger partial charge in [-0.1, -0.05) is 62.7 Å². The highest BCUT2D eigenvalue weighted by atomic mass is 35.5. The summed E-state index contributed by atoms with van der Waals surface area (Å²) >= 11 is 5.60. The molecule has 3 aliphatic rings. The summed E-state index contributed by atoms with van der Waals surface area (Å²) in [6, 6.07) is 19.7. The maximum absolute atomic E-state index is 10.4. The SMILES string of the molecule is CCC1Oc2cc(CCCOc3ccccc3)c(O)cc2C1(C)C.Clc1cc2ccc1=2. The van der Waals surface area contributed by atoms with Crippen LogP contribution >= 0.6 is 11.6 Å². The number of aryl methyl sites for hydroxylation is 1. The minimum atomic E-state index is -0.0590. The van der Waals surface area contributed by atoms with E-state index in [0.29, 0.717) is 12.4 Å². The summed E-state index contributed by atoms with van der Waals surface area (Å²) in [4.78, 5) is 0. The molecule has 1 unspecified atom stereocenters. The van der Waals surface area contributed by atoms with Crippen LogP contribution in [0.1, 0.15) is 44.7 Å². The first-order valence-electron chi connectivity index (χ1n) is 10.9. The van der Waals surface area contributed by atoms with Gasteiger partial charge in [-0.15, -0.1) is 0 Å². The zero-order chi connectivity index (χ0) is 22.0. The molecule has 0 spiro atoms. The summed E-state index contributed by atoms with van der Waals surface area (Å²) in [5.41, 5.74) is 1.98. The topological polar surface area (TPSA) is 38.7 Å². The van der Waals surface area contributed by atoms with Crippen LogP contribution in [0.25, 0.3) is 0 Å². The minimum absolute atomic E-state index is 0.0590. The predicted molar refractivity (Wildman–Crippen MR) is 125 cm³/mol. The first-order chi connectivity index (χ1) is 14.9. The van der Waals surface area contributed by atoms with Gasteiger partial charge in [0, 0.05) is 21.2 Å². The smallest absolute Gasteiger partial charge is 0.124 e. The van der Waals surface area contributed by atoms with E-state index in [-0.39, 0.29) is 11.5 Å². The van der Waals surface area contributed by atoms with E-state index in [4.69, 9.17) is 21.1 Å². The largest absolute Gasteiger partial charge is 0.508 e. The Morgan fingerprint density at radius 2 is 1.84 bits per heavy atom. The Hall–Kier alpha value is -2.65. The second-order valence-electron chi connectivity index (χ2n) is 8.67. The number of rotatable bonds is 6. The van der Waals surface area contributed by atoms with Crippen molar-refractivity contribution in [2.24, 2.45) is 0 Å². The van der Waals surface area contributed by atoms with E-state index < -0.39 is 0 Å². The predicted octanol–water partition coefficient (Wildman–Crippen LogP) is 6.79. The molecule has 1 N–H and O–H groups in total. The number of hydrogen-bond acceptors (Lipinski definition) is 3. The lowest BCUT2D eigenvalue weighted by Crippen LogP contribution is -2.31. The molecular formula is C27H29ClO3. The van der Waals surface area contributed by atoms with Crippen molar-refractivity contribution in [1.82, 2.24) is 0 Å². The van der Waals surface area contributed by atoms with Crippen LogP contribution in [0.3, 0.4) is 0 Å². The highest BCUT2D eigenvalue weighted by Gasteiger charge is 2.41. The summed E-state index contributed by atoms with van der Waals surface area (Å²) in [6.07, 6.45) is 2.75. The summed E-state index contributed by atoms with van der Waals surface area (Å²) in [6.45, 7) is 7.13. The van der Waals surface area contributed by atoms with Gasteiger partial charge in [0.15, 0.2) is 0 Å². The number of hydrogen-bond donors (Lipinski definition) is 1. The lowest BCUT2D eigenvalue weighted by molar-refractivity contribution is 0.161. The molecule has 1 heterocycles. The molecule has 2 aromatic carbocycles. The van der Waals surface area contributed by atoms with E-state index in [1.54, 1.807) is 0 Å². The molecule has 2 aliphatic carbocycles. The van der Waals surface area contributed by atoms with Crippen LogP contribution in [-0.2, 0) is 11.8 Å². The van der Waals surface area contributed by atoms with Crippen molar-refractivity contribution in [3.05, 3.63) is 87.3 Å². The van der Waals surface area contributed by atoms with Gasteiger partial charge in [-0.25, -0.2) is 0 Å². The summed E-state index contributed by atoms with van der Waals surface area (Å²) in [5.74, 6) is 2.16. The molecule has 4 heteroatoms. The third-order valence-electron chi connectivity index (χ3n) is 6.20. The van der Waals surface area contributed by atoms with E-state index in [9.17, 15) is 5.11 Å². The van der Waals surface area contributed by atoms with E-state index in [2.05, 4.69) is 26.8 Å². The molecule has 0 radical (unpaired) electrons. The lowest BCUT2D eigenvalue weighted by Gasteiger charge is -2.24. The lowest BCUT2D eigenvalue weighted by atomic mass is 9.79. The van der Waals surface area contributed by atoms with Gasteiger partial charge in [0.1, 0.15) is 23.4 Å². The van der Waals surface area contributed by atoms with E-state index in [1.165, 1.54) is 10.4 Å². The van der Waals surface area contributed by atoms with Crippen molar-refractivity contribution >= 4 is 11.6 Å². The number of fused-ring (bicyclic) bond motifs is 1. The zero-order valence-corrected chi connectivity index (χ0v) is 19.1. The number of phenolic OH excluding ortho intramolecular Hbond substituents is 1. The van der Waals surface area contributed by atoms with Crippen LogP contribution in [0.2, 0.25) is 5.02 Å². The van der Waals surface area contributed by atoms with Gasteiger partial charge in [0.2, 0.25) is 0 Å². The Bertz CT molecular complexity index is 1160. The molecule has 0 saturated heterocycles. The summed E-state index contributed by atoms with van der Waals surface area (Å²) in [5, 5.41) is 13.8. The number of ether oxygens (including phenoxy) is 2. The van der Waals surface area contributed by atoms with Gasteiger partial charge in [0.05, 0.1) is 6.61 Å². The molecule has 0 aromatic heterocycles. The van der Waals surface area contributed by atoms with Crippen LogP contribution in [0.4, 0.5) is 0 Å². The average Bonchev–Trinajstić information content (AvgIpc) is 2.99. The molecule has 162 valence electrons. The number of para-hydroxylation sites is 1. The maximum Gasteiger partial charge on any atom is 0.124 e. The van der Waals surface area contributed by atoms with Gasteiger partial charge >= 0.3 is 0 Å².